The van der Waals surface area contributed by atoms with E-state index in [2.05, 4.69) is 3.77 Å². The summed E-state index contributed by atoms with van der Waals surface area (Å²) in [6.45, 7) is 0. The van der Waals surface area contributed by atoms with Gasteiger partial charge in [0.1, 0.15) is 21.4 Å². The molecule has 9 heteroatoms. The molecule has 0 saturated heterocycles. The van der Waals surface area contributed by atoms with Crippen molar-refractivity contribution < 1.29 is 21.4 Å². The molecule has 0 bridgehead atoms. The number of hydrogen-bond donors (Lipinski definition) is 0. The Morgan fingerprint density at radius 3 is 1.41 bits per heavy atom. The van der Waals surface area contributed by atoms with E-state index in [-0.39, 0.29) is 14.7 Å². The van der Waals surface area contributed by atoms with Crippen molar-refractivity contribution in [1.82, 2.24) is 0 Å². The highest BCUT2D eigenvalue weighted by Gasteiger charge is 2.23. The van der Waals surface area contributed by atoms with Crippen molar-refractivity contribution in [3.8, 4) is 0 Å². The van der Waals surface area contributed by atoms with Crippen LogP contribution in [0.4, 0.5) is 8.78 Å². The first kappa shape index (κ1) is 19.5. The third kappa shape index (κ3) is 4.18. The summed E-state index contributed by atoms with van der Waals surface area (Å²) >= 11 is 5.76. The summed E-state index contributed by atoms with van der Waals surface area (Å²) in [5.74, 6) is -1.17. The molecule has 3 aromatic carbocycles. The lowest BCUT2D eigenvalue weighted by atomic mass is 10.3. The molecule has 0 radical (unpaired) electrons. The van der Waals surface area contributed by atoms with Gasteiger partial charge in [-0.15, -0.1) is 0 Å². The van der Waals surface area contributed by atoms with E-state index in [0.29, 0.717) is 5.02 Å². The van der Waals surface area contributed by atoms with Crippen LogP contribution in [-0.2, 0) is 19.8 Å². The standard InChI is InChI=1S/C18H12ClF2NO3S2/c19-13-1-7-18(8-2-13)27(24,25)22-26(23,16-9-3-14(20)4-10-16)17-11-5-15(21)6-12-17/h1-12H. The Balaban J connectivity index is 2.28. The predicted molar refractivity (Wildman–Crippen MR) is 98.5 cm³/mol. The third-order valence-corrected chi connectivity index (χ3v) is 8.15. The maximum atomic E-state index is 13.7. The van der Waals surface area contributed by atoms with Gasteiger partial charge in [-0.3, -0.25) is 0 Å². The van der Waals surface area contributed by atoms with Gasteiger partial charge < -0.3 is 0 Å². The fourth-order valence-corrected chi connectivity index (χ4v) is 6.27. The second-order valence-corrected chi connectivity index (χ2v) is 9.89. The Hall–Kier alpha value is -2.29. The molecule has 0 heterocycles. The molecule has 27 heavy (non-hydrogen) atoms. The number of halogens is 3. The molecule has 0 amide bonds. The number of benzene rings is 3. The Labute approximate surface area is 160 Å². The van der Waals surface area contributed by atoms with Crippen molar-refractivity contribution in [2.45, 2.75) is 14.7 Å². The molecule has 0 aliphatic carbocycles. The van der Waals surface area contributed by atoms with Gasteiger partial charge in [-0.05, 0) is 72.8 Å². The molecule has 3 aromatic rings. The smallest absolute Gasteiger partial charge is 0.239 e. The molecule has 0 aliphatic heterocycles. The molecule has 0 atom stereocenters. The van der Waals surface area contributed by atoms with Gasteiger partial charge in [0.05, 0.1) is 14.7 Å². The van der Waals surface area contributed by atoms with Crippen molar-refractivity contribution in [3.05, 3.63) is 89.5 Å². The highest BCUT2D eigenvalue weighted by molar-refractivity contribution is 8.03. The summed E-state index contributed by atoms with van der Waals surface area (Å²) in [4.78, 5) is -0.245. The summed E-state index contributed by atoms with van der Waals surface area (Å²) in [5.41, 5.74) is 0. The third-order valence-electron chi connectivity index (χ3n) is 3.58. The van der Waals surface area contributed by atoms with E-state index in [1.54, 1.807) is 0 Å². The van der Waals surface area contributed by atoms with E-state index in [9.17, 15) is 21.4 Å². The summed E-state index contributed by atoms with van der Waals surface area (Å²) < 4.78 is 69.2. The topological polar surface area (TPSA) is 63.6 Å². The molecule has 4 nitrogen and oxygen atoms in total. The van der Waals surface area contributed by atoms with Crippen LogP contribution in [0.3, 0.4) is 0 Å². The second kappa shape index (κ2) is 7.38. The zero-order chi connectivity index (χ0) is 19.7. The fourth-order valence-electron chi connectivity index (χ4n) is 2.25. The highest BCUT2D eigenvalue weighted by Crippen LogP contribution is 2.28. The molecule has 0 fully saturated rings. The van der Waals surface area contributed by atoms with E-state index in [1.165, 1.54) is 48.5 Å². The van der Waals surface area contributed by atoms with Crippen LogP contribution >= 0.6 is 11.6 Å². The largest absolute Gasteiger partial charge is 0.290 e. The number of rotatable bonds is 4. The molecular formula is C18H12ClF2NO3S2. The Kier molecular flexibility index (Phi) is 5.32. The van der Waals surface area contributed by atoms with Crippen LogP contribution in [0.1, 0.15) is 0 Å². The minimum absolute atomic E-state index is 0.0203. The van der Waals surface area contributed by atoms with Crippen LogP contribution in [0, 0.1) is 11.6 Å². The monoisotopic (exact) mass is 427 g/mol. The SMILES string of the molecule is O=S(=O)(N=S(=O)(c1ccc(F)cc1)c1ccc(F)cc1)c1ccc(Cl)cc1. The zero-order valence-electron chi connectivity index (χ0n) is 13.6. The van der Waals surface area contributed by atoms with Gasteiger partial charge in [0.15, 0.2) is 0 Å². The van der Waals surface area contributed by atoms with Crippen LogP contribution in [0.2, 0.25) is 5.02 Å². The molecule has 0 aromatic heterocycles. The molecule has 0 aliphatic rings. The first-order valence-electron chi connectivity index (χ1n) is 7.51. The maximum Gasteiger partial charge on any atom is 0.290 e. The van der Waals surface area contributed by atoms with Gasteiger partial charge in [0, 0.05) is 5.02 Å². The van der Waals surface area contributed by atoms with Gasteiger partial charge in [0.25, 0.3) is 10.0 Å². The molecular weight excluding hydrogens is 416 g/mol. The Bertz CT molecular complexity index is 1130. The lowest BCUT2D eigenvalue weighted by molar-refractivity contribution is 0.598. The van der Waals surface area contributed by atoms with Gasteiger partial charge >= 0.3 is 0 Å². The van der Waals surface area contributed by atoms with E-state index in [4.69, 9.17) is 11.6 Å². The first-order chi connectivity index (χ1) is 12.7. The molecule has 140 valence electrons. The average Bonchev–Trinajstić information content (AvgIpc) is 2.62. The van der Waals surface area contributed by atoms with Crippen LogP contribution in [0.15, 0.2) is 91.3 Å². The Morgan fingerprint density at radius 2 is 1.00 bits per heavy atom. The van der Waals surface area contributed by atoms with Gasteiger partial charge in [0.2, 0.25) is 0 Å². The Morgan fingerprint density at radius 1 is 0.630 bits per heavy atom. The van der Waals surface area contributed by atoms with Crippen molar-refractivity contribution in [1.29, 1.82) is 0 Å². The van der Waals surface area contributed by atoms with Crippen LogP contribution in [-0.4, -0.2) is 12.6 Å². The lowest BCUT2D eigenvalue weighted by Gasteiger charge is -2.11. The van der Waals surface area contributed by atoms with Gasteiger partial charge in [-0.2, -0.15) is 8.42 Å². The lowest BCUT2D eigenvalue weighted by Crippen LogP contribution is -2.07. The van der Waals surface area contributed by atoms with E-state index in [0.717, 1.165) is 24.3 Å². The van der Waals surface area contributed by atoms with Crippen molar-refractivity contribution in [3.63, 3.8) is 0 Å². The van der Waals surface area contributed by atoms with Crippen molar-refractivity contribution in [2.75, 3.05) is 0 Å². The quantitative estimate of drug-likeness (QED) is 0.595. The van der Waals surface area contributed by atoms with Crippen LogP contribution in [0.25, 0.3) is 0 Å². The van der Waals surface area contributed by atoms with Crippen molar-refractivity contribution in [2.24, 2.45) is 3.77 Å². The van der Waals surface area contributed by atoms with E-state index >= 15 is 0 Å². The highest BCUT2D eigenvalue weighted by atomic mass is 35.5. The second-order valence-electron chi connectivity index (χ2n) is 5.44. The van der Waals surface area contributed by atoms with Gasteiger partial charge in [-0.25, -0.2) is 13.0 Å². The summed E-state index contributed by atoms with van der Waals surface area (Å²) in [6, 6.07) is 14.1. The van der Waals surface area contributed by atoms with E-state index < -0.39 is 31.4 Å². The van der Waals surface area contributed by atoms with Crippen molar-refractivity contribution >= 4 is 31.4 Å². The molecule has 0 N–H and O–H groups in total. The normalized spacial score (nSPS) is 12.0. The molecule has 0 spiro atoms. The molecule has 3 rings (SSSR count). The van der Waals surface area contributed by atoms with Gasteiger partial charge in [-0.1, -0.05) is 15.4 Å². The summed E-state index contributed by atoms with van der Waals surface area (Å²) in [7, 11) is -8.07. The number of nitrogens with zero attached hydrogens (tertiary/aromatic N) is 1. The number of sulfonamides is 1. The minimum Gasteiger partial charge on any atom is -0.239 e. The summed E-state index contributed by atoms with van der Waals surface area (Å²) in [6.07, 6.45) is 0. The average molecular weight is 428 g/mol. The van der Waals surface area contributed by atoms with E-state index in [1.807, 2.05) is 0 Å². The fraction of sp³-hybridized carbons (Fsp3) is 0. The molecule has 0 saturated carbocycles. The molecule has 0 unspecified atom stereocenters. The van der Waals surface area contributed by atoms with Crippen LogP contribution < -0.4 is 0 Å². The summed E-state index contributed by atoms with van der Waals surface area (Å²) in [5, 5.41) is 0.326. The minimum atomic E-state index is -4.35. The maximum absolute atomic E-state index is 13.7. The van der Waals surface area contributed by atoms with Crippen LogP contribution in [0.5, 0.6) is 0 Å². The first-order valence-corrected chi connectivity index (χ1v) is 10.8. The number of hydrogen-bond acceptors (Lipinski definition) is 3. The predicted octanol–water partition coefficient (Wildman–Crippen LogP) is 4.89. The zero-order valence-corrected chi connectivity index (χ0v) is 15.9.